The molecule has 0 radical (unpaired) electrons. The van der Waals surface area contributed by atoms with Crippen LogP contribution in [-0.4, -0.2) is 34.9 Å². The van der Waals surface area contributed by atoms with E-state index in [1.165, 1.54) is 34.4 Å². The highest BCUT2D eigenvalue weighted by Crippen LogP contribution is 2.43. The maximum atomic E-state index is 14.9. The molecule has 2 aromatic carbocycles. The molecule has 0 saturated carbocycles. The number of halogens is 1. The lowest BCUT2D eigenvalue weighted by Gasteiger charge is -2.25. The van der Waals surface area contributed by atoms with Crippen LogP contribution in [-0.2, 0) is 16.1 Å². The zero-order chi connectivity index (χ0) is 24.2. The van der Waals surface area contributed by atoms with Crippen molar-refractivity contribution in [3.63, 3.8) is 0 Å². The molecule has 0 spiro atoms. The number of Topliss-reactive ketones (excluding diaryl/α,β-unsaturated/α-hetero) is 1. The minimum Gasteiger partial charge on any atom is -0.507 e. The maximum Gasteiger partial charge on any atom is 0.295 e. The predicted molar refractivity (Wildman–Crippen MR) is 127 cm³/mol. The zero-order valence-corrected chi connectivity index (χ0v) is 19.6. The maximum absolute atomic E-state index is 14.9. The number of nitrogens with zero attached hydrogens (tertiary/aromatic N) is 1. The molecule has 6 nitrogen and oxygen atoms in total. The average molecular weight is 482 g/mol. The van der Waals surface area contributed by atoms with Gasteiger partial charge in [-0.15, -0.1) is 11.3 Å². The van der Waals surface area contributed by atoms with Crippen molar-refractivity contribution in [3.8, 4) is 11.5 Å². The van der Waals surface area contributed by atoms with Gasteiger partial charge in [0.2, 0.25) is 0 Å². The van der Waals surface area contributed by atoms with Gasteiger partial charge in [-0.05, 0) is 43.5 Å². The third-order valence-electron chi connectivity index (χ3n) is 5.47. The van der Waals surface area contributed by atoms with Gasteiger partial charge in [0.05, 0.1) is 36.9 Å². The van der Waals surface area contributed by atoms with E-state index in [0.29, 0.717) is 24.7 Å². The Bertz CT molecular complexity index is 1240. The van der Waals surface area contributed by atoms with Crippen molar-refractivity contribution in [1.29, 1.82) is 0 Å². The lowest BCUT2D eigenvalue weighted by atomic mass is 9.94. The SMILES string of the molecule is CCOc1ccc(/C(O)=C2\C(=O)C(=O)N(Cc3cccs3)C2c2ccccc2F)c(OCC)c1. The standard InChI is InChI=1S/C26H24FNO5S/c1-3-32-16-11-12-19(21(14-16)33-4-2)24(29)22-23(18-9-5-6-10-20(18)27)28(26(31)25(22)30)15-17-8-7-13-34-17/h5-14,23,29H,3-4,15H2,1-2H3/b24-22+. The number of benzene rings is 2. The summed E-state index contributed by atoms with van der Waals surface area (Å²) in [5.41, 5.74) is 0.168. The smallest absolute Gasteiger partial charge is 0.295 e. The number of ether oxygens (including phenoxy) is 2. The van der Waals surface area contributed by atoms with E-state index in [2.05, 4.69) is 0 Å². The van der Waals surface area contributed by atoms with E-state index < -0.39 is 29.3 Å². The number of hydrogen-bond acceptors (Lipinski definition) is 6. The lowest BCUT2D eigenvalue weighted by molar-refractivity contribution is -0.140. The van der Waals surface area contributed by atoms with Gasteiger partial charge in [-0.25, -0.2) is 4.39 Å². The monoisotopic (exact) mass is 481 g/mol. The van der Waals surface area contributed by atoms with Crippen LogP contribution in [0.4, 0.5) is 4.39 Å². The summed E-state index contributed by atoms with van der Waals surface area (Å²) in [7, 11) is 0. The molecule has 2 heterocycles. The Kier molecular flexibility index (Phi) is 6.98. The molecule has 1 N–H and O–H groups in total. The second-order valence-electron chi connectivity index (χ2n) is 7.55. The van der Waals surface area contributed by atoms with Crippen molar-refractivity contribution in [2.75, 3.05) is 13.2 Å². The first-order valence-corrected chi connectivity index (χ1v) is 11.8. The van der Waals surface area contributed by atoms with Crippen molar-refractivity contribution >= 4 is 28.8 Å². The van der Waals surface area contributed by atoms with Gasteiger partial charge in [-0.1, -0.05) is 24.3 Å². The Balaban J connectivity index is 1.89. The van der Waals surface area contributed by atoms with Crippen LogP contribution in [0.1, 0.15) is 35.9 Å². The van der Waals surface area contributed by atoms with E-state index in [9.17, 15) is 19.1 Å². The fourth-order valence-electron chi connectivity index (χ4n) is 4.01. The normalized spacial score (nSPS) is 17.3. The summed E-state index contributed by atoms with van der Waals surface area (Å²) in [6.45, 7) is 4.49. The Morgan fingerprint density at radius 2 is 1.82 bits per heavy atom. The Hall–Kier alpha value is -3.65. The first kappa shape index (κ1) is 23.5. The fraction of sp³-hybridized carbons (Fsp3) is 0.231. The van der Waals surface area contributed by atoms with Crippen molar-refractivity contribution in [2.24, 2.45) is 0 Å². The first-order chi connectivity index (χ1) is 16.5. The summed E-state index contributed by atoms with van der Waals surface area (Å²) in [6.07, 6.45) is 0. The molecule has 1 amide bonds. The highest BCUT2D eigenvalue weighted by Gasteiger charge is 2.47. The van der Waals surface area contributed by atoms with Crippen molar-refractivity contribution < 1.29 is 28.6 Å². The Morgan fingerprint density at radius 1 is 1.06 bits per heavy atom. The third-order valence-corrected chi connectivity index (χ3v) is 6.33. The van der Waals surface area contributed by atoms with E-state index in [-0.39, 0.29) is 23.2 Å². The largest absolute Gasteiger partial charge is 0.507 e. The molecule has 176 valence electrons. The number of aliphatic hydroxyl groups is 1. The fourth-order valence-corrected chi connectivity index (χ4v) is 4.71. The van der Waals surface area contributed by atoms with Crippen LogP contribution in [0.3, 0.4) is 0 Å². The molecule has 1 aliphatic rings. The number of likely N-dealkylation sites (tertiary alicyclic amines) is 1. The molecule has 1 atom stereocenters. The second-order valence-corrected chi connectivity index (χ2v) is 8.58. The number of ketones is 1. The van der Waals surface area contributed by atoms with E-state index in [1.54, 1.807) is 31.2 Å². The number of rotatable bonds is 8. The topological polar surface area (TPSA) is 76.1 Å². The highest BCUT2D eigenvalue weighted by molar-refractivity contribution is 7.09. The number of carbonyl (C=O) groups is 2. The van der Waals surface area contributed by atoms with E-state index in [0.717, 1.165) is 4.88 Å². The molecule has 4 rings (SSSR count). The van der Waals surface area contributed by atoms with Crippen molar-refractivity contribution in [3.05, 3.63) is 87.4 Å². The van der Waals surface area contributed by atoms with Gasteiger partial charge in [-0.2, -0.15) is 0 Å². The summed E-state index contributed by atoms with van der Waals surface area (Å²) in [5, 5.41) is 13.2. The second kappa shape index (κ2) is 10.1. The quantitative estimate of drug-likeness (QED) is 0.268. The number of thiophene rings is 1. The first-order valence-electron chi connectivity index (χ1n) is 10.9. The molecule has 1 unspecified atom stereocenters. The molecule has 0 aliphatic carbocycles. The summed E-state index contributed by atoms with van der Waals surface area (Å²) in [6, 6.07) is 13.3. The van der Waals surface area contributed by atoms with E-state index >= 15 is 0 Å². The van der Waals surface area contributed by atoms with Gasteiger partial charge in [-0.3, -0.25) is 9.59 Å². The van der Waals surface area contributed by atoms with Crippen LogP contribution in [0.2, 0.25) is 0 Å². The van der Waals surface area contributed by atoms with Gasteiger partial charge < -0.3 is 19.5 Å². The Labute approximate surface area is 200 Å². The van der Waals surface area contributed by atoms with Crippen LogP contribution in [0.5, 0.6) is 11.5 Å². The average Bonchev–Trinajstić information content (AvgIpc) is 3.42. The Morgan fingerprint density at radius 3 is 2.50 bits per heavy atom. The molecule has 34 heavy (non-hydrogen) atoms. The van der Waals surface area contributed by atoms with Crippen LogP contribution >= 0.6 is 11.3 Å². The molecule has 3 aromatic rings. The molecule has 1 aliphatic heterocycles. The van der Waals surface area contributed by atoms with Gasteiger partial charge in [0.15, 0.2) is 0 Å². The van der Waals surface area contributed by atoms with Crippen LogP contribution < -0.4 is 9.47 Å². The predicted octanol–water partition coefficient (Wildman–Crippen LogP) is 5.31. The van der Waals surface area contributed by atoms with E-state index in [1.807, 2.05) is 24.4 Å². The molecular formula is C26H24FNO5S. The summed E-state index contributed by atoms with van der Waals surface area (Å²) >= 11 is 1.42. The summed E-state index contributed by atoms with van der Waals surface area (Å²) in [4.78, 5) is 28.4. The van der Waals surface area contributed by atoms with Crippen LogP contribution in [0.15, 0.2) is 65.6 Å². The molecule has 1 fully saturated rings. The van der Waals surface area contributed by atoms with Crippen LogP contribution in [0.25, 0.3) is 5.76 Å². The van der Waals surface area contributed by atoms with Gasteiger partial charge in [0, 0.05) is 16.5 Å². The highest BCUT2D eigenvalue weighted by atomic mass is 32.1. The zero-order valence-electron chi connectivity index (χ0n) is 18.8. The number of amides is 1. The minimum absolute atomic E-state index is 0.111. The van der Waals surface area contributed by atoms with Crippen molar-refractivity contribution in [2.45, 2.75) is 26.4 Å². The number of hydrogen-bond donors (Lipinski definition) is 1. The van der Waals surface area contributed by atoms with Gasteiger partial charge >= 0.3 is 0 Å². The molecule has 8 heteroatoms. The van der Waals surface area contributed by atoms with E-state index in [4.69, 9.17) is 9.47 Å². The third kappa shape index (κ3) is 4.41. The molecule has 1 saturated heterocycles. The van der Waals surface area contributed by atoms with Gasteiger partial charge in [0.1, 0.15) is 23.1 Å². The molecular weight excluding hydrogens is 457 g/mol. The number of aliphatic hydroxyl groups excluding tert-OH is 1. The summed E-state index contributed by atoms with van der Waals surface area (Å²) in [5.74, 6) is -1.85. The minimum atomic E-state index is -1.09. The van der Waals surface area contributed by atoms with Crippen LogP contribution in [0, 0.1) is 5.82 Å². The van der Waals surface area contributed by atoms with Gasteiger partial charge in [0.25, 0.3) is 11.7 Å². The molecule has 1 aromatic heterocycles. The summed E-state index contributed by atoms with van der Waals surface area (Å²) < 4.78 is 26.1. The number of carbonyl (C=O) groups excluding carboxylic acids is 2. The molecule has 0 bridgehead atoms. The van der Waals surface area contributed by atoms with Crippen molar-refractivity contribution in [1.82, 2.24) is 4.90 Å². The lowest BCUT2D eigenvalue weighted by Crippen LogP contribution is -2.29.